The molecule has 0 amide bonds. The number of benzene rings is 1. The van der Waals surface area contributed by atoms with Gasteiger partial charge in [-0.1, -0.05) is 38.8 Å². The molecular formula is C19H30N2. The van der Waals surface area contributed by atoms with Crippen LogP contribution in [-0.2, 0) is 6.54 Å². The number of nitrogens with zero attached hydrogens (tertiary/aromatic N) is 1. The van der Waals surface area contributed by atoms with Crippen molar-refractivity contribution in [3.8, 4) is 0 Å². The zero-order chi connectivity index (χ0) is 14.7. The molecule has 0 radical (unpaired) electrons. The van der Waals surface area contributed by atoms with E-state index in [0.717, 1.165) is 18.4 Å². The SMILES string of the molecule is CC1CCCC(Nc2ccc(CN3CCCC3)cc2)C1C. The summed E-state index contributed by atoms with van der Waals surface area (Å²) < 4.78 is 0. The van der Waals surface area contributed by atoms with Crippen LogP contribution in [0.2, 0.25) is 0 Å². The Morgan fingerprint density at radius 2 is 1.71 bits per heavy atom. The van der Waals surface area contributed by atoms with E-state index in [-0.39, 0.29) is 0 Å². The summed E-state index contributed by atoms with van der Waals surface area (Å²) in [5.74, 6) is 1.63. The Hall–Kier alpha value is -1.02. The zero-order valence-electron chi connectivity index (χ0n) is 13.6. The van der Waals surface area contributed by atoms with Crippen molar-refractivity contribution in [3.05, 3.63) is 29.8 Å². The summed E-state index contributed by atoms with van der Waals surface area (Å²) in [7, 11) is 0. The number of hydrogen-bond acceptors (Lipinski definition) is 2. The molecule has 2 nitrogen and oxygen atoms in total. The molecule has 3 rings (SSSR count). The van der Waals surface area contributed by atoms with Crippen molar-refractivity contribution >= 4 is 5.69 Å². The van der Waals surface area contributed by atoms with E-state index in [0.29, 0.717) is 6.04 Å². The van der Waals surface area contributed by atoms with E-state index in [9.17, 15) is 0 Å². The highest BCUT2D eigenvalue weighted by atomic mass is 15.1. The normalized spacial score (nSPS) is 30.5. The van der Waals surface area contributed by atoms with Crippen molar-refractivity contribution in [2.75, 3.05) is 18.4 Å². The van der Waals surface area contributed by atoms with E-state index in [2.05, 4.69) is 48.3 Å². The highest BCUT2D eigenvalue weighted by Crippen LogP contribution is 2.31. The summed E-state index contributed by atoms with van der Waals surface area (Å²) in [6, 6.07) is 9.81. The lowest BCUT2D eigenvalue weighted by Gasteiger charge is -2.35. The molecule has 1 saturated carbocycles. The van der Waals surface area contributed by atoms with Crippen molar-refractivity contribution in [2.24, 2.45) is 11.8 Å². The summed E-state index contributed by atoms with van der Waals surface area (Å²) in [6.45, 7) is 8.48. The molecule has 0 spiro atoms. The standard InChI is InChI=1S/C19H30N2/c1-15-6-5-7-19(16(15)2)20-18-10-8-17(9-11-18)14-21-12-3-4-13-21/h8-11,15-16,19-20H,3-7,12-14H2,1-2H3. The van der Waals surface area contributed by atoms with Gasteiger partial charge in [0, 0.05) is 18.3 Å². The monoisotopic (exact) mass is 286 g/mol. The third-order valence-electron chi connectivity index (χ3n) is 5.62. The summed E-state index contributed by atoms with van der Waals surface area (Å²) >= 11 is 0. The van der Waals surface area contributed by atoms with Crippen molar-refractivity contribution < 1.29 is 0 Å². The van der Waals surface area contributed by atoms with Crippen molar-refractivity contribution in [1.29, 1.82) is 0 Å². The fraction of sp³-hybridized carbons (Fsp3) is 0.684. The third-order valence-corrected chi connectivity index (χ3v) is 5.62. The fourth-order valence-electron chi connectivity index (χ4n) is 3.91. The van der Waals surface area contributed by atoms with Crippen LogP contribution in [0.25, 0.3) is 0 Å². The molecule has 1 N–H and O–H groups in total. The van der Waals surface area contributed by atoms with Crippen LogP contribution in [0.3, 0.4) is 0 Å². The summed E-state index contributed by atoms with van der Waals surface area (Å²) in [5.41, 5.74) is 2.75. The third kappa shape index (κ3) is 3.79. The Labute approximate surface area is 129 Å². The first-order valence-corrected chi connectivity index (χ1v) is 8.80. The minimum atomic E-state index is 0.651. The maximum atomic E-state index is 3.77. The summed E-state index contributed by atoms with van der Waals surface area (Å²) in [4.78, 5) is 2.56. The predicted octanol–water partition coefficient (Wildman–Crippen LogP) is 4.52. The zero-order valence-corrected chi connectivity index (χ0v) is 13.6. The lowest BCUT2D eigenvalue weighted by molar-refractivity contribution is 0.253. The van der Waals surface area contributed by atoms with E-state index >= 15 is 0 Å². The van der Waals surface area contributed by atoms with E-state index < -0.39 is 0 Å². The molecule has 1 aliphatic carbocycles. The van der Waals surface area contributed by atoms with Gasteiger partial charge >= 0.3 is 0 Å². The average molecular weight is 286 g/mol. The molecular weight excluding hydrogens is 256 g/mol. The van der Waals surface area contributed by atoms with Crippen LogP contribution >= 0.6 is 0 Å². The molecule has 116 valence electrons. The van der Waals surface area contributed by atoms with E-state index in [1.807, 2.05) is 0 Å². The van der Waals surface area contributed by atoms with Crippen LogP contribution < -0.4 is 5.32 Å². The molecule has 3 atom stereocenters. The van der Waals surface area contributed by atoms with Gasteiger partial charge in [-0.05, 0) is 61.9 Å². The predicted molar refractivity (Wildman–Crippen MR) is 90.5 cm³/mol. The molecule has 2 heteroatoms. The van der Waals surface area contributed by atoms with Crippen LogP contribution in [0, 0.1) is 11.8 Å². The lowest BCUT2D eigenvalue weighted by Crippen LogP contribution is -2.34. The van der Waals surface area contributed by atoms with Gasteiger partial charge in [-0.15, -0.1) is 0 Å². The molecule has 0 bridgehead atoms. The van der Waals surface area contributed by atoms with Gasteiger partial charge in [0.15, 0.2) is 0 Å². The van der Waals surface area contributed by atoms with Crippen LogP contribution in [-0.4, -0.2) is 24.0 Å². The minimum absolute atomic E-state index is 0.651. The smallest absolute Gasteiger partial charge is 0.0342 e. The Bertz CT molecular complexity index is 433. The van der Waals surface area contributed by atoms with E-state index in [1.165, 1.54) is 56.4 Å². The maximum Gasteiger partial charge on any atom is 0.0342 e. The molecule has 2 aliphatic rings. The van der Waals surface area contributed by atoms with Crippen LogP contribution in [0.15, 0.2) is 24.3 Å². The molecule has 1 aromatic rings. The van der Waals surface area contributed by atoms with E-state index in [4.69, 9.17) is 0 Å². The molecule has 21 heavy (non-hydrogen) atoms. The van der Waals surface area contributed by atoms with Gasteiger partial charge in [0.05, 0.1) is 0 Å². The Morgan fingerprint density at radius 3 is 2.43 bits per heavy atom. The molecule has 1 aliphatic heterocycles. The Balaban J connectivity index is 1.56. The second-order valence-electron chi connectivity index (χ2n) is 7.20. The molecule has 1 saturated heterocycles. The largest absolute Gasteiger partial charge is 0.382 e. The molecule has 3 unspecified atom stereocenters. The lowest BCUT2D eigenvalue weighted by atomic mass is 9.78. The number of rotatable bonds is 4. The average Bonchev–Trinajstić information content (AvgIpc) is 2.99. The molecule has 1 heterocycles. The number of nitrogens with one attached hydrogen (secondary N) is 1. The molecule has 0 aromatic heterocycles. The van der Waals surface area contributed by atoms with Gasteiger partial charge < -0.3 is 5.32 Å². The topological polar surface area (TPSA) is 15.3 Å². The second kappa shape index (κ2) is 6.83. The van der Waals surface area contributed by atoms with Crippen LogP contribution in [0.1, 0.15) is 51.5 Å². The quantitative estimate of drug-likeness (QED) is 0.875. The second-order valence-corrected chi connectivity index (χ2v) is 7.20. The number of hydrogen-bond donors (Lipinski definition) is 1. The van der Waals surface area contributed by atoms with Crippen molar-refractivity contribution in [1.82, 2.24) is 4.90 Å². The van der Waals surface area contributed by atoms with Gasteiger partial charge in [-0.2, -0.15) is 0 Å². The first kappa shape index (κ1) is 14.9. The summed E-state index contributed by atoms with van der Waals surface area (Å²) in [6.07, 6.45) is 6.83. The maximum absolute atomic E-state index is 3.77. The first-order chi connectivity index (χ1) is 10.2. The Morgan fingerprint density at radius 1 is 1.00 bits per heavy atom. The van der Waals surface area contributed by atoms with Gasteiger partial charge in [0.1, 0.15) is 0 Å². The minimum Gasteiger partial charge on any atom is -0.382 e. The molecule has 1 aromatic carbocycles. The van der Waals surface area contributed by atoms with Crippen molar-refractivity contribution in [3.63, 3.8) is 0 Å². The van der Waals surface area contributed by atoms with E-state index in [1.54, 1.807) is 0 Å². The van der Waals surface area contributed by atoms with Gasteiger partial charge in [0.25, 0.3) is 0 Å². The highest BCUT2D eigenvalue weighted by molar-refractivity contribution is 5.45. The number of likely N-dealkylation sites (tertiary alicyclic amines) is 1. The molecule has 2 fully saturated rings. The fourth-order valence-corrected chi connectivity index (χ4v) is 3.91. The Kier molecular flexibility index (Phi) is 4.84. The van der Waals surface area contributed by atoms with Gasteiger partial charge in [0.2, 0.25) is 0 Å². The number of anilines is 1. The van der Waals surface area contributed by atoms with Crippen LogP contribution in [0.4, 0.5) is 5.69 Å². The van der Waals surface area contributed by atoms with Crippen molar-refractivity contribution in [2.45, 2.75) is 58.5 Å². The first-order valence-electron chi connectivity index (χ1n) is 8.80. The van der Waals surface area contributed by atoms with Crippen LogP contribution in [0.5, 0.6) is 0 Å². The van der Waals surface area contributed by atoms with Gasteiger partial charge in [-0.25, -0.2) is 0 Å². The van der Waals surface area contributed by atoms with Gasteiger partial charge in [-0.3, -0.25) is 4.90 Å². The highest BCUT2D eigenvalue weighted by Gasteiger charge is 2.26. The summed E-state index contributed by atoms with van der Waals surface area (Å²) in [5, 5.41) is 3.77.